The molecule has 1 aromatic carbocycles. The minimum absolute atomic E-state index is 0.132. The van der Waals surface area contributed by atoms with Gasteiger partial charge in [0, 0.05) is 21.0 Å². The molecule has 112 valence electrons. The summed E-state index contributed by atoms with van der Waals surface area (Å²) in [5.74, 6) is 0. The highest BCUT2D eigenvalue weighted by Gasteiger charge is 2.33. The molecule has 0 saturated heterocycles. The largest absolute Gasteiger partial charge is 0.323 e. The van der Waals surface area contributed by atoms with Gasteiger partial charge in [-0.3, -0.25) is 0 Å². The SMILES string of the molecule is Cc1cc(-c2nc3c(s2)C(N)CC(C)(C)C3)cc(C)c1Br. The van der Waals surface area contributed by atoms with E-state index in [1.165, 1.54) is 31.7 Å². The zero-order valence-electron chi connectivity index (χ0n) is 13.0. The first kappa shape index (κ1) is 15.2. The van der Waals surface area contributed by atoms with Crippen molar-refractivity contribution in [1.82, 2.24) is 4.98 Å². The first-order valence-corrected chi connectivity index (χ1v) is 8.90. The highest BCUT2D eigenvalue weighted by molar-refractivity contribution is 9.10. The zero-order valence-corrected chi connectivity index (χ0v) is 15.4. The lowest BCUT2D eigenvalue weighted by Gasteiger charge is -2.32. The quantitative estimate of drug-likeness (QED) is 0.758. The summed E-state index contributed by atoms with van der Waals surface area (Å²) in [6.45, 7) is 8.82. The van der Waals surface area contributed by atoms with Gasteiger partial charge in [0.2, 0.25) is 0 Å². The Morgan fingerprint density at radius 3 is 2.52 bits per heavy atom. The third-order valence-corrected chi connectivity index (χ3v) is 6.70. The first-order chi connectivity index (χ1) is 9.77. The minimum atomic E-state index is 0.132. The van der Waals surface area contributed by atoms with Crippen molar-refractivity contribution in [2.24, 2.45) is 11.1 Å². The van der Waals surface area contributed by atoms with E-state index in [2.05, 4.69) is 55.8 Å². The number of aromatic nitrogens is 1. The Balaban J connectivity index is 2.06. The van der Waals surface area contributed by atoms with Gasteiger partial charge in [-0.25, -0.2) is 4.98 Å². The molecule has 3 rings (SSSR count). The molecule has 0 radical (unpaired) electrons. The molecule has 0 saturated carbocycles. The number of hydrogen-bond donors (Lipinski definition) is 1. The molecule has 0 amide bonds. The number of nitrogens with two attached hydrogens (primary N) is 1. The van der Waals surface area contributed by atoms with E-state index < -0.39 is 0 Å². The van der Waals surface area contributed by atoms with E-state index in [4.69, 9.17) is 10.7 Å². The molecule has 1 aliphatic rings. The monoisotopic (exact) mass is 364 g/mol. The van der Waals surface area contributed by atoms with Crippen LogP contribution in [0.4, 0.5) is 0 Å². The van der Waals surface area contributed by atoms with E-state index in [1.54, 1.807) is 11.3 Å². The van der Waals surface area contributed by atoms with Gasteiger partial charge >= 0.3 is 0 Å². The Bertz CT molecular complexity index is 680. The molecule has 1 aromatic heterocycles. The Kier molecular flexibility index (Phi) is 3.75. The van der Waals surface area contributed by atoms with Crippen molar-refractivity contribution in [2.75, 3.05) is 0 Å². The van der Waals surface area contributed by atoms with Crippen LogP contribution in [0.3, 0.4) is 0 Å². The van der Waals surface area contributed by atoms with Gasteiger partial charge in [0.15, 0.2) is 0 Å². The van der Waals surface area contributed by atoms with Crippen LogP contribution in [0.5, 0.6) is 0 Å². The summed E-state index contributed by atoms with van der Waals surface area (Å²) < 4.78 is 1.19. The van der Waals surface area contributed by atoms with E-state index in [0.717, 1.165) is 17.8 Å². The molecule has 1 heterocycles. The summed E-state index contributed by atoms with van der Waals surface area (Å²) in [6.07, 6.45) is 2.07. The number of fused-ring (bicyclic) bond motifs is 1. The van der Waals surface area contributed by atoms with Crippen LogP contribution in [-0.2, 0) is 6.42 Å². The summed E-state index contributed by atoms with van der Waals surface area (Å²) in [5, 5.41) is 1.10. The van der Waals surface area contributed by atoms with Crippen molar-refractivity contribution in [3.63, 3.8) is 0 Å². The average Bonchev–Trinajstić information content (AvgIpc) is 2.77. The number of halogens is 1. The van der Waals surface area contributed by atoms with Gasteiger partial charge in [-0.05, 0) is 55.4 Å². The van der Waals surface area contributed by atoms with Crippen molar-refractivity contribution in [3.8, 4) is 10.6 Å². The number of rotatable bonds is 1. The van der Waals surface area contributed by atoms with Crippen LogP contribution in [0.2, 0.25) is 0 Å². The van der Waals surface area contributed by atoms with Gasteiger partial charge in [-0.1, -0.05) is 29.8 Å². The summed E-state index contributed by atoms with van der Waals surface area (Å²) in [7, 11) is 0. The maximum atomic E-state index is 6.36. The van der Waals surface area contributed by atoms with E-state index in [0.29, 0.717) is 0 Å². The summed E-state index contributed by atoms with van der Waals surface area (Å²) >= 11 is 5.40. The molecule has 2 nitrogen and oxygen atoms in total. The second-order valence-electron chi connectivity index (χ2n) is 6.91. The van der Waals surface area contributed by atoms with Crippen molar-refractivity contribution >= 4 is 27.3 Å². The molecule has 0 fully saturated rings. The van der Waals surface area contributed by atoms with Crippen LogP contribution in [-0.4, -0.2) is 4.98 Å². The van der Waals surface area contributed by atoms with Gasteiger partial charge in [-0.15, -0.1) is 11.3 Å². The molecule has 1 atom stereocenters. The normalized spacial score (nSPS) is 20.4. The van der Waals surface area contributed by atoms with E-state index in [1.807, 2.05) is 0 Å². The molecule has 2 N–H and O–H groups in total. The minimum Gasteiger partial charge on any atom is -0.323 e. The topological polar surface area (TPSA) is 38.9 Å². The van der Waals surface area contributed by atoms with Crippen LogP contribution < -0.4 is 5.73 Å². The third kappa shape index (κ3) is 2.81. The van der Waals surface area contributed by atoms with Crippen LogP contribution in [0.1, 0.15) is 48.0 Å². The highest BCUT2D eigenvalue weighted by atomic mass is 79.9. The second-order valence-corrected chi connectivity index (χ2v) is 8.73. The number of aryl methyl sites for hydroxylation is 2. The number of benzene rings is 1. The summed E-state index contributed by atoms with van der Waals surface area (Å²) in [6, 6.07) is 4.54. The lowest BCUT2D eigenvalue weighted by Crippen LogP contribution is -2.28. The Morgan fingerprint density at radius 2 is 1.90 bits per heavy atom. The fraction of sp³-hybridized carbons (Fsp3) is 0.471. The van der Waals surface area contributed by atoms with E-state index in [-0.39, 0.29) is 11.5 Å². The predicted octanol–water partition coefficient (Wildman–Crippen LogP) is 5.16. The standard InChI is InChI=1S/C17H21BrN2S/c1-9-5-11(6-10(2)14(9)18)16-20-13-8-17(3,4)7-12(19)15(13)21-16/h5-6,12H,7-8,19H2,1-4H3. The van der Waals surface area contributed by atoms with Gasteiger partial charge in [0.25, 0.3) is 0 Å². The van der Waals surface area contributed by atoms with Crippen LogP contribution in [0.15, 0.2) is 16.6 Å². The Labute approximate surface area is 138 Å². The predicted molar refractivity (Wildman–Crippen MR) is 93.8 cm³/mol. The molecule has 0 spiro atoms. The van der Waals surface area contributed by atoms with Crippen molar-refractivity contribution in [3.05, 3.63) is 38.3 Å². The average molecular weight is 365 g/mol. The summed E-state index contributed by atoms with van der Waals surface area (Å²) in [4.78, 5) is 6.18. The smallest absolute Gasteiger partial charge is 0.123 e. The van der Waals surface area contributed by atoms with Crippen molar-refractivity contribution in [2.45, 2.75) is 46.6 Å². The maximum Gasteiger partial charge on any atom is 0.123 e. The Morgan fingerprint density at radius 1 is 1.29 bits per heavy atom. The molecular formula is C17H21BrN2S. The molecule has 4 heteroatoms. The number of hydrogen-bond acceptors (Lipinski definition) is 3. The lowest BCUT2D eigenvalue weighted by molar-refractivity contribution is 0.282. The third-order valence-electron chi connectivity index (χ3n) is 4.17. The fourth-order valence-corrected chi connectivity index (χ4v) is 4.49. The zero-order chi connectivity index (χ0) is 15.4. The second kappa shape index (κ2) is 5.18. The van der Waals surface area contributed by atoms with Gasteiger partial charge in [0.1, 0.15) is 5.01 Å². The molecule has 21 heavy (non-hydrogen) atoms. The Hall–Kier alpha value is -0.710. The summed E-state index contributed by atoms with van der Waals surface area (Å²) in [5.41, 5.74) is 11.5. The first-order valence-electron chi connectivity index (χ1n) is 7.29. The number of thiazole rings is 1. The van der Waals surface area contributed by atoms with Crippen molar-refractivity contribution in [1.29, 1.82) is 0 Å². The molecule has 2 aromatic rings. The lowest BCUT2D eigenvalue weighted by atomic mass is 9.77. The fourth-order valence-electron chi connectivity index (χ4n) is 3.19. The van der Waals surface area contributed by atoms with Crippen molar-refractivity contribution < 1.29 is 0 Å². The highest BCUT2D eigenvalue weighted by Crippen LogP contribution is 2.44. The van der Waals surface area contributed by atoms with Gasteiger partial charge in [0.05, 0.1) is 5.69 Å². The molecule has 1 unspecified atom stereocenters. The molecule has 0 bridgehead atoms. The van der Waals surface area contributed by atoms with Gasteiger partial charge < -0.3 is 5.73 Å². The van der Waals surface area contributed by atoms with Crippen LogP contribution in [0.25, 0.3) is 10.6 Å². The molecule has 0 aliphatic heterocycles. The number of nitrogens with zero attached hydrogens (tertiary/aromatic N) is 1. The van der Waals surface area contributed by atoms with Crippen LogP contribution >= 0.6 is 27.3 Å². The van der Waals surface area contributed by atoms with Gasteiger partial charge in [-0.2, -0.15) is 0 Å². The molecule has 1 aliphatic carbocycles. The van der Waals surface area contributed by atoms with E-state index >= 15 is 0 Å². The van der Waals surface area contributed by atoms with Crippen LogP contribution in [0, 0.1) is 19.3 Å². The van der Waals surface area contributed by atoms with E-state index in [9.17, 15) is 0 Å². The molecular weight excluding hydrogens is 344 g/mol. The maximum absolute atomic E-state index is 6.36.